The van der Waals surface area contributed by atoms with Crippen LogP contribution in [-0.2, 0) is 9.84 Å². The predicted octanol–water partition coefficient (Wildman–Crippen LogP) is 2.21. The summed E-state index contributed by atoms with van der Waals surface area (Å²) >= 11 is 0. The first-order chi connectivity index (χ1) is 4.57. The molecular formula is C8H17O2. The number of hydrogen-bond donors (Lipinski definition) is 0. The zero-order valence-corrected chi connectivity index (χ0v) is 7.26. The van der Waals surface area contributed by atoms with Crippen molar-refractivity contribution in [3.05, 3.63) is 0 Å². The van der Waals surface area contributed by atoms with Gasteiger partial charge in [0.1, 0.15) is 0 Å². The minimum atomic E-state index is -0.885. The molecule has 2 heteroatoms. The Labute approximate surface area is 63.2 Å². The van der Waals surface area contributed by atoms with E-state index in [9.17, 15) is 5.11 Å². The van der Waals surface area contributed by atoms with Gasteiger partial charge < -0.3 is 4.74 Å². The Morgan fingerprint density at radius 3 is 2.10 bits per heavy atom. The van der Waals surface area contributed by atoms with Gasteiger partial charge in [-0.15, -0.1) is 0 Å². The second-order valence-corrected chi connectivity index (χ2v) is 2.79. The van der Waals surface area contributed by atoms with E-state index in [0.717, 1.165) is 6.42 Å². The molecule has 0 rings (SSSR count). The van der Waals surface area contributed by atoms with Crippen LogP contribution in [0.3, 0.4) is 0 Å². The van der Waals surface area contributed by atoms with Crippen LogP contribution >= 0.6 is 0 Å². The van der Waals surface area contributed by atoms with Gasteiger partial charge in [-0.25, -0.2) is 5.11 Å². The highest BCUT2D eigenvalue weighted by Crippen LogP contribution is 2.11. The maximum Gasteiger partial charge on any atom is 0.188 e. The Morgan fingerprint density at radius 2 is 1.80 bits per heavy atom. The lowest BCUT2D eigenvalue weighted by Gasteiger charge is -2.19. The van der Waals surface area contributed by atoms with Crippen LogP contribution in [0.2, 0.25) is 0 Å². The summed E-state index contributed by atoms with van der Waals surface area (Å²) in [7, 11) is 0. The van der Waals surface area contributed by atoms with Crippen LogP contribution in [0.1, 0.15) is 34.1 Å². The Balaban J connectivity index is 3.50. The van der Waals surface area contributed by atoms with Crippen LogP contribution in [0, 0.1) is 5.92 Å². The monoisotopic (exact) mass is 145 g/mol. The molecule has 0 saturated heterocycles. The molecule has 0 N–H and O–H groups in total. The van der Waals surface area contributed by atoms with Crippen LogP contribution in [-0.4, -0.2) is 12.4 Å². The van der Waals surface area contributed by atoms with Gasteiger partial charge in [0, 0.05) is 0 Å². The topological polar surface area (TPSA) is 29.1 Å². The van der Waals surface area contributed by atoms with Crippen LogP contribution in [0.15, 0.2) is 0 Å². The average Bonchev–Trinajstić information content (AvgIpc) is 1.85. The van der Waals surface area contributed by atoms with E-state index >= 15 is 0 Å². The minimum Gasteiger partial charge on any atom is -0.347 e. The summed E-state index contributed by atoms with van der Waals surface area (Å²) in [5, 5.41) is 10.5. The summed E-state index contributed by atoms with van der Waals surface area (Å²) < 4.78 is 5.05. The summed E-state index contributed by atoms with van der Waals surface area (Å²) in [6.45, 7) is 7.66. The Kier molecular flexibility index (Phi) is 4.65. The summed E-state index contributed by atoms with van der Waals surface area (Å²) in [6, 6.07) is 0. The fourth-order valence-corrected chi connectivity index (χ4v) is 0.768. The maximum absolute atomic E-state index is 10.5. The van der Waals surface area contributed by atoms with Gasteiger partial charge >= 0.3 is 0 Å². The second kappa shape index (κ2) is 4.69. The van der Waals surface area contributed by atoms with Gasteiger partial charge in [0.25, 0.3) is 0 Å². The molecule has 0 aromatic rings. The SMILES string of the molecule is CCC(C)C(C)OC(C)[O]. The van der Waals surface area contributed by atoms with E-state index < -0.39 is 6.29 Å². The third kappa shape index (κ3) is 3.85. The second-order valence-electron chi connectivity index (χ2n) is 2.79. The molecule has 0 fully saturated rings. The Morgan fingerprint density at radius 1 is 1.30 bits per heavy atom. The molecule has 1 radical (unpaired) electrons. The van der Waals surface area contributed by atoms with E-state index in [0.29, 0.717) is 5.92 Å². The first-order valence-electron chi connectivity index (χ1n) is 3.89. The Hall–Kier alpha value is -0.0800. The smallest absolute Gasteiger partial charge is 0.188 e. The van der Waals surface area contributed by atoms with Gasteiger partial charge in [-0.2, -0.15) is 0 Å². The van der Waals surface area contributed by atoms with Crippen molar-refractivity contribution in [2.75, 3.05) is 0 Å². The lowest BCUT2D eigenvalue weighted by molar-refractivity contribution is -0.165. The molecule has 0 aromatic carbocycles. The van der Waals surface area contributed by atoms with Crippen molar-refractivity contribution in [2.24, 2.45) is 5.92 Å². The van der Waals surface area contributed by atoms with E-state index in [1.165, 1.54) is 6.92 Å². The first kappa shape index (κ1) is 9.92. The number of rotatable bonds is 4. The van der Waals surface area contributed by atoms with Gasteiger partial charge in [-0.3, -0.25) is 0 Å². The van der Waals surface area contributed by atoms with Gasteiger partial charge in [0.2, 0.25) is 0 Å². The molecule has 0 amide bonds. The Bertz CT molecular complexity index is 81.3. The molecule has 0 aliphatic rings. The highest BCUT2D eigenvalue weighted by molar-refractivity contribution is 4.58. The molecule has 61 valence electrons. The third-order valence-corrected chi connectivity index (χ3v) is 1.85. The van der Waals surface area contributed by atoms with Crippen LogP contribution in [0.25, 0.3) is 0 Å². The van der Waals surface area contributed by atoms with Gasteiger partial charge in [-0.1, -0.05) is 20.3 Å². The zero-order valence-electron chi connectivity index (χ0n) is 7.26. The summed E-state index contributed by atoms with van der Waals surface area (Å²) in [6.07, 6.45) is 0.273. The molecule has 2 nitrogen and oxygen atoms in total. The predicted molar refractivity (Wildman–Crippen MR) is 40.2 cm³/mol. The highest BCUT2D eigenvalue weighted by atomic mass is 16.6. The van der Waals surface area contributed by atoms with Crippen molar-refractivity contribution in [3.8, 4) is 0 Å². The van der Waals surface area contributed by atoms with E-state index in [2.05, 4.69) is 13.8 Å². The molecule has 0 bridgehead atoms. The standard InChI is InChI=1S/C8H17O2/c1-5-6(2)7(3)10-8(4)9/h6-8H,5H2,1-4H3. The summed E-state index contributed by atoms with van der Waals surface area (Å²) in [4.78, 5) is 0. The van der Waals surface area contributed by atoms with E-state index in [4.69, 9.17) is 4.74 Å². The lowest BCUT2D eigenvalue weighted by atomic mass is 10.0. The van der Waals surface area contributed by atoms with Gasteiger partial charge in [-0.05, 0) is 19.8 Å². The van der Waals surface area contributed by atoms with Crippen molar-refractivity contribution in [1.29, 1.82) is 0 Å². The summed E-state index contributed by atoms with van der Waals surface area (Å²) in [5.41, 5.74) is 0. The van der Waals surface area contributed by atoms with Crippen molar-refractivity contribution in [1.82, 2.24) is 0 Å². The first-order valence-corrected chi connectivity index (χ1v) is 3.89. The minimum absolute atomic E-state index is 0.0949. The van der Waals surface area contributed by atoms with Crippen molar-refractivity contribution < 1.29 is 9.84 Å². The largest absolute Gasteiger partial charge is 0.347 e. The molecule has 0 aliphatic heterocycles. The van der Waals surface area contributed by atoms with E-state index in [1.54, 1.807) is 0 Å². The van der Waals surface area contributed by atoms with Crippen LogP contribution in [0.4, 0.5) is 0 Å². The molecule has 0 heterocycles. The zero-order chi connectivity index (χ0) is 8.15. The molecule has 0 saturated carbocycles. The highest BCUT2D eigenvalue weighted by Gasteiger charge is 2.12. The molecular weight excluding hydrogens is 128 g/mol. The molecule has 0 spiro atoms. The van der Waals surface area contributed by atoms with Crippen molar-refractivity contribution in [2.45, 2.75) is 46.5 Å². The quantitative estimate of drug-likeness (QED) is 0.557. The van der Waals surface area contributed by atoms with Crippen LogP contribution < -0.4 is 0 Å². The molecule has 3 atom stereocenters. The summed E-state index contributed by atoms with van der Waals surface area (Å²) in [5.74, 6) is 0.483. The molecule has 0 aromatic heterocycles. The normalized spacial score (nSPS) is 20.1. The van der Waals surface area contributed by atoms with Crippen molar-refractivity contribution in [3.63, 3.8) is 0 Å². The number of hydrogen-bond acceptors (Lipinski definition) is 1. The maximum atomic E-state index is 10.5. The fourth-order valence-electron chi connectivity index (χ4n) is 0.768. The van der Waals surface area contributed by atoms with Crippen molar-refractivity contribution >= 4 is 0 Å². The van der Waals surface area contributed by atoms with E-state index in [1.807, 2.05) is 6.92 Å². The average molecular weight is 145 g/mol. The van der Waals surface area contributed by atoms with Crippen LogP contribution in [0.5, 0.6) is 0 Å². The number of ether oxygens (including phenoxy) is 1. The third-order valence-electron chi connectivity index (χ3n) is 1.85. The van der Waals surface area contributed by atoms with Gasteiger partial charge in [0.05, 0.1) is 6.10 Å². The lowest BCUT2D eigenvalue weighted by Crippen LogP contribution is -2.21. The van der Waals surface area contributed by atoms with Gasteiger partial charge in [0.15, 0.2) is 6.29 Å². The molecule has 10 heavy (non-hydrogen) atoms. The molecule has 3 unspecified atom stereocenters. The fraction of sp³-hybridized carbons (Fsp3) is 1.00. The molecule has 0 aliphatic carbocycles. The van der Waals surface area contributed by atoms with E-state index in [-0.39, 0.29) is 6.10 Å².